The largest absolute Gasteiger partial charge is 0.497 e. The number of hydrogen-bond acceptors (Lipinski definition) is 5. The molecule has 0 saturated carbocycles. The lowest BCUT2D eigenvalue weighted by atomic mass is 10.1. The van der Waals surface area contributed by atoms with Crippen LogP contribution in [-0.4, -0.2) is 36.5 Å². The number of nitrogens with one attached hydrogen (secondary N) is 2. The molecule has 3 aromatic rings. The number of aromatic amines is 1. The van der Waals surface area contributed by atoms with E-state index in [1.807, 2.05) is 0 Å². The average molecular weight is 419 g/mol. The molecule has 0 bridgehead atoms. The van der Waals surface area contributed by atoms with Crippen molar-refractivity contribution in [1.29, 1.82) is 0 Å². The van der Waals surface area contributed by atoms with Crippen LogP contribution in [0.1, 0.15) is 16.1 Å². The second-order valence-electron chi connectivity index (χ2n) is 5.60. The number of rotatable bonds is 6. The molecule has 0 spiro atoms. The van der Waals surface area contributed by atoms with Gasteiger partial charge in [-0.3, -0.25) is 9.89 Å². The Bertz CT molecular complexity index is 1030. The Morgan fingerprint density at radius 1 is 1.11 bits per heavy atom. The topological polar surface area (TPSA) is 88.6 Å². The van der Waals surface area contributed by atoms with Crippen molar-refractivity contribution in [2.24, 2.45) is 5.10 Å². The van der Waals surface area contributed by atoms with Gasteiger partial charge in [0.05, 0.1) is 36.2 Å². The first-order valence-corrected chi connectivity index (χ1v) is 8.83. The van der Waals surface area contributed by atoms with Crippen LogP contribution < -0.4 is 14.9 Å². The minimum atomic E-state index is -0.447. The summed E-state index contributed by atoms with van der Waals surface area (Å²) < 4.78 is 10.4. The molecule has 0 saturated heterocycles. The van der Waals surface area contributed by atoms with Crippen LogP contribution in [0.15, 0.2) is 47.6 Å². The number of carbonyl (C=O) groups excluding carboxylic acids is 1. The van der Waals surface area contributed by atoms with Crippen LogP contribution in [-0.2, 0) is 0 Å². The average Bonchev–Trinajstić information content (AvgIpc) is 3.20. The lowest BCUT2D eigenvalue weighted by Gasteiger charge is -2.06. The van der Waals surface area contributed by atoms with Gasteiger partial charge in [-0.1, -0.05) is 29.3 Å². The number of H-pyrrole nitrogens is 1. The van der Waals surface area contributed by atoms with Gasteiger partial charge >= 0.3 is 0 Å². The van der Waals surface area contributed by atoms with Gasteiger partial charge in [0.15, 0.2) is 0 Å². The molecule has 0 unspecified atom stereocenters. The maximum atomic E-state index is 12.3. The van der Waals surface area contributed by atoms with E-state index in [2.05, 4.69) is 20.7 Å². The summed E-state index contributed by atoms with van der Waals surface area (Å²) in [7, 11) is 3.11. The van der Waals surface area contributed by atoms with E-state index >= 15 is 0 Å². The van der Waals surface area contributed by atoms with Crippen molar-refractivity contribution in [1.82, 2.24) is 15.6 Å². The highest BCUT2D eigenvalue weighted by molar-refractivity contribution is 6.42. The lowest BCUT2D eigenvalue weighted by molar-refractivity contribution is 0.0950. The summed E-state index contributed by atoms with van der Waals surface area (Å²) in [5.74, 6) is 0.799. The number of benzene rings is 2. The van der Waals surface area contributed by atoms with Crippen LogP contribution in [0.25, 0.3) is 11.3 Å². The number of carbonyl (C=O) groups is 1. The first kappa shape index (κ1) is 19.7. The number of methoxy groups -OCH3 is 2. The number of aromatic nitrogens is 2. The van der Waals surface area contributed by atoms with Gasteiger partial charge in [0, 0.05) is 11.1 Å². The molecular formula is C19H16Cl2N4O3. The van der Waals surface area contributed by atoms with Gasteiger partial charge in [-0.2, -0.15) is 10.2 Å². The number of nitrogens with zero attached hydrogens (tertiary/aromatic N) is 2. The van der Waals surface area contributed by atoms with Crippen molar-refractivity contribution >= 4 is 35.3 Å². The van der Waals surface area contributed by atoms with E-state index in [1.54, 1.807) is 56.7 Å². The molecule has 0 radical (unpaired) electrons. The first-order valence-electron chi connectivity index (χ1n) is 8.08. The van der Waals surface area contributed by atoms with Crippen molar-refractivity contribution < 1.29 is 14.3 Å². The molecule has 0 atom stereocenters. The summed E-state index contributed by atoms with van der Waals surface area (Å²) in [4.78, 5) is 12.3. The number of halogens is 2. The predicted molar refractivity (Wildman–Crippen MR) is 109 cm³/mol. The second kappa shape index (κ2) is 8.77. The molecule has 2 N–H and O–H groups in total. The summed E-state index contributed by atoms with van der Waals surface area (Å²) in [6, 6.07) is 12.0. The molecule has 0 fully saturated rings. The van der Waals surface area contributed by atoms with E-state index in [-0.39, 0.29) is 5.69 Å². The van der Waals surface area contributed by atoms with Gasteiger partial charge in [0.2, 0.25) is 0 Å². The predicted octanol–water partition coefficient (Wildman–Crippen LogP) is 4.16. The maximum absolute atomic E-state index is 12.3. The fourth-order valence-electron chi connectivity index (χ4n) is 2.40. The molecule has 144 valence electrons. The van der Waals surface area contributed by atoms with Crippen molar-refractivity contribution in [2.75, 3.05) is 14.2 Å². The number of hydrogen-bond donors (Lipinski definition) is 2. The van der Waals surface area contributed by atoms with Crippen LogP contribution in [0.3, 0.4) is 0 Å². The van der Waals surface area contributed by atoms with Crippen LogP contribution in [0.5, 0.6) is 11.5 Å². The van der Waals surface area contributed by atoms with Crippen LogP contribution in [0, 0.1) is 0 Å². The molecule has 7 nitrogen and oxygen atoms in total. The zero-order valence-corrected chi connectivity index (χ0v) is 16.5. The summed E-state index contributed by atoms with van der Waals surface area (Å²) >= 11 is 11.9. The highest BCUT2D eigenvalue weighted by atomic mass is 35.5. The number of hydrazone groups is 1. The fraction of sp³-hybridized carbons (Fsp3) is 0.105. The molecule has 9 heteroatoms. The van der Waals surface area contributed by atoms with Gasteiger partial charge in [0.1, 0.15) is 17.2 Å². The maximum Gasteiger partial charge on any atom is 0.289 e. The van der Waals surface area contributed by atoms with E-state index in [0.29, 0.717) is 32.8 Å². The second-order valence-corrected chi connectivity index (χ2v) is 6.42. The van der Waals surface area contributed by atoms with Gasteiger partial charge in [-0.15, -0.1) is 0 Å². The summed E-state index contributed by atoms with van der Waals surface area (Å²) in [5.41, 5.74) is 4.63. The van der Waals surface area contributed by atoms with E-state index in [1.165, 1.54) is 6.21 Å². The van der Waals surface area contributed by atoms with Crippen LogP contribution in [0.2, 0.25) is 10.0 Å². The monoisotopic (exact) mass is 418 g/mol. The molecule has 0 aliphatic rings. The highest BCUT2D eigenvalue weighted by Gasteiger charge is 2.11. The van der Waals surface area contributed by atoms with Gasteiger partial charge in [-0.05, 0) is 36.4 Å². The standard InChI is InChI=1S/C19H16Cl2N4O3/c1-27-13-4-6-18(28-2)12(7-13)10-22-25-19(26)17-9-16(23-24-17)11-3-5-14(20)15(21)8-11/h3-10H,1-2H3,(H,23,24)(H,25,26)/b22-10+. The molecule has 28 heavy (non-hydrogen) atoms. The molecule has 2 aromatic carbocycles. The van der Waals surface area contributed by atoms with Crippen LogP contribution >= 0.6 is 23.2 Å². The van der Waals surface area contributed by atoms with Crippen LogP contribution in [0.4, 0.5) is 0 Å². The highest BCUT2D eigenvalue weighted by Crippen LogP contribution is 2.27. The molecule has 0 aliphatic heterocycles. The molecule has 1 aromatic heterocycles. The van der Waals surface area contributed by atoms with Crippen molar-refractivity contribution in [3.8, 4) is 22.8 Å². The summed E-state index contributed by atoms with van der Waals surface area (Å²) in [5, 5.41) is 11.6. The Kier molecular flexibility index (Phi) is 6.18. The minimum absolute atomic E-state index is 0.246. The van der Waals surface area contributed by atoms with Gasteiger partial charge in [-0.25, -0.2) is 5.43 Å². The third kappa shape index (κ3) is 4.44. The first-order chi connectivity index (χ1) is 13.5. The van der Waals surface area contributed by atoms with E-state index in [0.717, 1.165) is 5.56 Å². The Balaban J connectivity index is 1.71. The molecule has 1 amide bonds. The third-order valence-electron chi connectivity index (χ3n) is 3.84. The zero-order valence-electron chi connectivity index (χ0n) is 15.0. The van der Waals surface area contributed by atoms with Gasteiger partial charge in [0.25, 0.3) is 5.91 Å². The quantitative estimate of drug-likeness (QED) is 0.464. The van der Waals surface area contributed by atoms with E-state index in [9.17, 15) is 4.79 Å². The Morgan fingerprint density at radius 3 is 2.64 bits per heavy atom. The van der Waals surface area contributed by atoms with E-state index < -0.39 is 5.91 Å². The molecular weight excluding hydrogens is 403 g/mol. The fourth-order valence-corrected chi connectivity index (χ4v) is 2.70. The normalized spacial score (nSPS) is 10.9. The third-order valence-corrected chi connectivity index (χ3v) is 4.58. The van der Waals surface area contributed by atoms with Crippen molar-refractivity contribution in [3.05, 3.63) is 63.8 Å². The Morgan fingerprint density at radius 2 is 1.93 bits per heavy atom. The SMILES string of the molecule is COc1ccc(OC)c(/C=N/NC(=O)c2cc(-c3ccc(Cl)c(Cl)c3)n[nH]2)c1. The molecule has 1 heterocycles. The minimum Gasteiger partial charge on any atom is -0.497 e. The smallest absolute Gasteiger partial charge is 0.289 e. The van der Waals surface area contributed by atoms with E-state index in [4.69, 9.17) is 32.7 Å². The van der Waals surface area contributed by atoms with Gasteiger partial charge < -0.3 is 9.47 Å². The Labute approximate surface area is 171 Å². The van der Waals surface area contributed by atoms with Crippen molar-refractivity contribution in [3.63, 3.8) is 0 Å². The number of amides is 1. The molecule has 0 aliphatic carbocycles. The Hall–Kier alpha value is -3.03. The zero-order chi connectivity index (χ0) is 20.1. The lowest BCUT2D eigenvalue weighted by Crippen LogP contribution is -2.18. The molecule has 3 rings (SSSR count). The number of ether oxygens (including phenoxy) is 2. The van der Waals surface area contributed by atoms with Crippen molar-refractivity contribution in [2.45, 2.75) is 0 Å². The summed E-state index contributed by atoms with van der Waals surface area (Å²) in [6.45, 7) is 0. The summed E-state index contributed by atoms with van der Waals surface area (Å²) in [6.07, 6.45) is 1.47.